The second-order valence-electron chi connectivity index (χ2n) is 10.8. The fraction of sp³-hybridized carbons (Fsp3) is 0.483. The molecule has 2 fully saturated rings. The van der Waals surface area contributed by atoms with Crippen molar-refractivity contribution in [3.63, 3.8) is 0 Å². The summed E-state index contributed by atoms with van der Waals surface area (Å²) >= 11 is 0. The zero-order valence-electron chi connectivity index (χ0n) is 23.3. The minimum atomic E-state index is -4.55. The topological polar surface area (TPSA) is 73.4 Å². The number of piperazine rings is 1. The standard InChI is InChI=1S/C29H34F4N4O4/c1-19-13-20(15-22(14-19)29(31,32)33)18-41-28(40)36-12-10-26(38)37-24(9-6-11-34(2)3)27(39)35(17-25(36)37)16-21-7-4-5-8-23(21)30/h4-5,7-8,13-15,24-25H,6,9-12,16-18H2,1-3H3/t24-,25+/m0/s1. The monoisotopic (exact) mass is 578 g/mol. The van der Waals surface area contributed by atoms with Gasteiger partial charge in [-0.1, -0.05) is 29.8 Å². The normalized spacial score (nSPS) is 19.6. The van der Waals surface area contributed by atoms with Gasteiger partial charge in [-0.05, 0) is 64.2 Å². The Labute approximate surface area is 236 Å². The van der Waals surface area contributed by atoms with Crippen LogP contribution in [0.3, 0.4) is 0 Å². The molecular weight excluding hydrogens is 544 g/mol. The van der Waals surface area contributed by atoms with E-state index >= 15 is 0 Å². The number of ether oxygens (including phenoxy) is 1. The number of carbonyl (C=O) groups excluding carboxylic acids is 3. The molecule has 2 heterocycles. The molecule has 2 aliphatic rings. The molecule has 0 bridgehead atoms. The molecular formula is C29H34F4N4O4. The molecule has 0 unspecified atom stereocenters. The lowest BCUT2D eigenvalue weighted by molar-refractivity contribution is -0.169. The zero-order valence-corrected chi connectivity index (χ0v) is 23.3. The lowest BCUT2D eigenvalue weighted by Gasteiger charge is -2.52. The van der Waals surface area contributed by atoms with E-state index in [4.69, 9.17) is 4.74 Å². The summed E-state index contributed by atoms with van der Waals surface area (Å²) in [5, 5.41) is 0. The first-order chi connectivity index (χ1) is 19.3. The quantitative estimate of drug-likeness (QED) is 0.435. The second-order valence-corrected chi connectivity index (χ2v) is 10.8. The van der Waals surface area contributed by atoms with Crippen molar-refractivity contribution >= 4 is 17.9 Å². The number of carbonyl (C=O) groups is 3. The van der Waals surface area contributed by atoms with E-state index in [9.17, 15) is 31.9 Å². The van der Waals surface area contributed by atoms with Crippen LogP contribution in [-0.2, 0) is 33.7 Å². The minimum absolute atomic E-state index is 0.0204. The summed E-state index contributed by atoms with van der Waals surface area (Å²) in [7, 11) is 3.79. The maximum absolute atomic E-state index is 14.5. The van der Waals surface area contributed by atoms with Crippen LogP contribution in [-0.4, -0.2) is 83.4 Å². The number of fused-ring (bicyclic) bond motifs is 1. The number of alkyl halides is 3. The maximum atomic E-state index is 14.5. The number of halogens is 4. The highest BCUT2D eigenvalue weighted by Crippen LogP contribution is 2.32. The molecule has 12 heteroatoms. The van der Waals surface area contributed by atoms with Crippen LogP contribution in [0.1, 0.15) is 41.5 Å². The van der Waals surface area contributed by atoms with Crippen LogP contribution in [0.5, 0.6) is 0 Å². The number of hydrogen-bond acceptors (Lipinski definition) is 5. The predicted molar refractivity (Wildman–Crippen MR) is 142 cm³/mol. The van der Waals surface area contributed by atoms with Gasteiger partial charge in [0, 0.05) is 25.1 Å². The average molecular weight is 579 g/mol. The zero-order chi connectivity index (χ0) is 29.9. The Hall–Kier alpha value is -3.67. The molecule has 2 aliphatic heterocycles. The lowest BCUT2D eigenvalue weighted by Crippen LogP contribution is -2.71. The summed E-state index contributed by atoms with van der Waals surface area (Å²) in [6.07, 6.45) is -5.29. The third-order valence-electron chi connectivity index (χ3n) is 7.31. The summed E-state index contributed by atoms with van der Waals surface area (Å²) in [6.45, 7) is 1.72. The number of rotatable bonds is 8. The largest absolute Gasteiger partial charge is 0.444 e. The molecule has 222 valence electrons. The highest BCUT2D eigenvalue weighted by molar-refractivity contribution is 5.90. The van der Waals surface area contributed by atoms with Gasteiger partial charge in [-0.15, -0.1) is 0 Å². The second kappa shape index (κ2) is 12.5. The van der Waals surface area contributed by atoms with E-state index in [0.717, 1.165) is 12.1 Å². The molecule has 0 aromatic heterocycles. The lowest BCUT2D eigenvalue weighted by atomic mass is 9.99. The van der Waals surface area contributed by atoms with Crippen LogP contribution in [0.4, 0.5) is 22.4 Å². The van der Waals surface area contributed by atoms with Crippen LogP contribution in [0.25, 0.3) is 0 Å². The number of benzene rings is 2. The first-order valence-corrected chi connectivity index (χ1v) is 13.4. The molecule has 2 atom stereocenters. The highest BCUT2D eigenvalue weighted by atomic mass is 19.4. The number of hydrogen-bond donors (Lipinski definition) is 0. The van der Waals surface area contributed by atoms with Gasteiger partial charge < -0.3 is 19.4 Å². The minimum Gasteiger partial charge on any atom is -0.444 e. The smallest absolute Gasteiger partial charge is 0.416 e. The Morgan fingerprint density at radius 3 is 2.54 bits per heavy atom. The van der Waals surface area contributed by atoms with Crippen molar-refractivity contribution < 1.29 is 36.7 Å². The molecule has 0 aliphatic carbocycles. The van der Waals surface area contributed by atoms with E-state index in [-0.39, 0.29) is 43.4 Å². The van der Waals surface area contributed by atoms with Crippen LogP contribution < -0.4 is 0 Å². The SMILES string of the molecule is Cc1cc(COC(=O)N2CCC(=O)N3[C@@H]2CN(Cc2ccccc2F)C(=O)[C@@H]3CCCN(C)C)cc(C(F)(F)F)c1. The van der Waals surface area contributed by atoms with Crippen molar-refractivity contribution in [3.05, 3.63) is 70.5 Å². The third-order valence-corrected chi connectivity index (χ3v) is 7.31. The number of nitrogens with zero attached hydrogens (tertiary/aromatic N) is 4. The molecule has 0 N–H and O–H groups in total. The van der Waals surface area contributed by atoms with E-state index < -0.39 is 42.5 Å². The maximum Gasteiger partial charge on any atom is 0.416 e. The van der Waals surface area contributed by atoms with Crippen molar-refractivity contribution in [1.29, 1.82) is 0 Å². The van der Waals surface area contributed by atoms with Crippen molar-refractivity contribution in [2.75, 3.05) is 33.7 Å². The van der Waals surface area contributed by atoms with E-state index in [1.807, 2.05) is 19.0 Å². The van der Waals surface area contributed by atoms with E-state index in [0.29, 0.717) is 30.5 Å². The van der Waals surface area contributed by atoms with Gasteiger partial charge in [0.15, 0.2) is 0 Å². The molecule has 4 rings (SSSR count). The average Bonchev–Trinajstić information content (AvgIpc) is 2.89. The molecule has 41 heavy (non-hydrogen) atoms. The van der Waals surface area contributed by atoms with Crippen molar-refractivity contribution in [2.24, 2.45) is 0 Å². The molecule has 0 radical (unpaired) electrons. The molecule has 2 aromatic rings. The Balaban J connectivity index is 1.57. The molecule has 8 nitrogen and oxygen atoms in total. The van der Waals surface area contributed by atoms with Gasteiger partial charge >= 0.3 is 12.3 Å². The van der Waals surface area contributed by atoms with Gasteiger partial charge in [0.1, 0.15) is 24.6 Å². The van der Waals surface area contributed by atoms with Crippen LogP contribution in [0, 0.1) is 12.7 Å². The third kappa shape index (κ3) is 7.16. The summed E-state index contributed by atoms with van der Waals surface area (Å²) in [6, 6.07) is 8.68. The molecule has 0 saturated carbocycles. The fourth-order valence-electron chi connectivity index (χ4n) is 5.38. The summed E-state index contributed by atoms with van der Waals surface area (Å²) in [5.74, 6) is -1.08. The molecule has 0 spiro atoms. The first kappa shape index (κ1) is 30.3. The van der Waals surface area contributed by atoms with Crippen molar-refractivity contribution in [2.45, 2.75) is 57.7 Å². The highest BCUT2D eigenvalue weighted by Gasteiger charge is 2.49. The van der Waals surface area contributed by atoms with Gasteiger partial charge in [0.05, 0.1) is 12.1 Å². The molecule has 2 saturated heterocycles. The van der Waals surface area contributed by atoms with Crippen molar-refractivity contribution in [3.8, 4) is 0 Å². The Morgan fingerprint density at radius 2 is 1.85 bits per heavy atom. The number of aryl methyl sites for hydroxylation is 1. The van der Waals surface area contributed by atoms with E-state index in [2.05, 4.69) is 0 Å². The van der Waals surface area contributed by atoms with Gasteiger partial charge in [0.25, 0.3) is 0 Å². The van der Waals surface area contributed by atoms with Gasteiger partial charge in [-0.2, -0.15) is 13.2 Å². The Morgan fingerprint density at radius 1 is 1.12 bits per heavy atom. The Bertz CT molecular complexity index is 1290. The van der Waals surface area contributed by atoms with Gasteiger partial charge in [-0.25, -0.2) is 9.18 Å². The summed E-state index contributed by atoms with van der Waals surface area (Å²) < 4.78 is 59.7. The van der Waals surface area contributed by atoms with Gasteiger partial charge in [0.2, 0.25) is 11.8 Å². The summed E-state index contributed by atoms with van der Waals surface area (Å²) in [5.41, 5.74) is 0.0129. The van der Waals surface area contributed by atoms with Crippen LogP contribution >= 0.6 is 0 Å². The van der Waals surface area contributed by atoms with Crippen LogP contribution in [0.2, 0.25) is 0 Å². The van der Waals surface area contributed by atoms with Gasteiger partial charge in [-0.3, -0.25) is 14.5 Å². The fourth-order valence-corrected chi connectivity index (χ4v) is 5.38. The van der Waals surface area contributed by atoms with Crippen LogP contribution in [0.15, 0.2) is 42.5 Å². The van der Waals surface area contributed by atoms with E-state index in [1.165, 1.54) is 33.8 Å². The first-order valence-electron chi connectivity index (χ1n) is 13.4. The summed E-state index contributed by atoms with van der Waals surface area (Å²) in [4.78, 5) is 46.2. The predicted octanol–water partition coefficient (Wildman–Crippen LogP) is 4.40. The molecule has 2 aromatic carbocycles. The Kier molecular flexibility index (Phi) is 9.21. The number of amides is 3. The van der Waals surface area contributed by atoms with Crippen molar-refractivity contribution in [1.82, 2.24) is 19.6 Å². The molecule has 3 amide bonds. The van der Waals surface area contributed by atoms with E-state index in [1.54, 1.807) is 18.2 Å².